The van der Waals surface area contributed by atoms with Crippen LogP contribution in [0.5, 0.6) is 0 Å². The first-order chi connectivity index (χ1) is 29.5. The van der Waals surface area contributed by atoms with Crippen LogP contribution in [-0.2, 0) is 49.0 Å². The van der Waals surface area contributed by atoms with Gasteiger partial charge in [0.15, 0.2) is 0 Å². The standard InChI is InChI=1S/2C29H29.C2H6Si.2ClH.Zr/c2*1-17-9-18(2)12-22(11-17)28-24-7-6-8-25(24)29(27-16-21(5)15-26(27)28)23-13-19(3)10-20(4)14-23;1-3-2;;;/h2*9-16H,6-8H2,1-5H3;1-2H3;2*1H;/q2*-1;;;;+2/p-2. The van der Waals surface area contributed by atoms with Gasteiger partial charge in [-0.05, 0) is 105 Å². The molecule has 0 nitrogen and oxygen atoms in total. The average molecular weight is 975 g/mol. The van der Waals surface area contributed by atoms with E-state index in [9.17, 15) is 0 Å². The van der Waals surface area contributed by atoms with E-state index in [0.717, 1.165) is 0 Å². The van der Waals surface area contributed by atoms with Crippen molar-refractivity contribution in [3.8, 4) is 44.5 Å². The van der Waals surface area contributed by atoms with Crippen molar-refractivity contribution < 1.29 is 48.1 Å². The normalized spacial score (nSPS) is 12.5. The van der Waals surface area contributed by atoms with Gasteiger partial charge in [-0.25, -0.2) is 0 Å². The average Bonchev–Trinajstić information content (AvgIpc) is 3.98. The predicted molar refractivity (Wildman–Crippen MR) is 270 cm³/mol. The Labute approximate surface area is 412 Å². The maximum Gasteiger partial charge on any atom is -0.0271 e. The molecular formula is C60H64Cl2SiZr-2. The topological polar surface area (TPSA) is 0 Å². The first kappa shape index (κ1) is 49.6. The Bertz CT molecular complexity index is 2580. The molecule has 0 unspecified atom stereocenters. The van der Waals surface area contributed by atoms with Crippen LogP contribution in [0.1, 0.15) is 90.7 Å². The Balaban J connectivity index is 0.000000191. The van der Waals surface area contributed by atoms with Crippen molar-refractivity contribution in [1.29, 1.82) is 0 Å². The van der Waals surface area contributed by atoms with E-state index in [0.29, 0.717) is 0 Å². The van der Waals surface area contributed by atoms with Crippen molar-refractivity contribution in [2.24, 2.45) is 0 Å². The molecule has 0 fully saturated rings. The molecule has 8 aromatic carbocycles. The van der Waals surface area contributed by atoms with E-state index in [4.69, 9.17) is 0 Å². The van der Waals surface area contributed by atoms with Gasteiger partial charge in [-0.1, -0.05) is 187 Å². The van der Waals surface area contributed by atoms with E-state index >= 15 is 0 Å². The smallest absolute Gasteiger partial charge is 0.0271 e. The van der Waals surface area contributed by atoms with Crippen molar-refractivity contribution in [3.63, 3.8) is 0 Å². The molecule has 10 rings (SSSR count). The summed E-state index contributed by atoms with van der Waals surface area (Å²) in [6.45, 7) is 26.8. The molecule has 64 heavy (non-hydrogen) atoms. The van der Waals surface area contributed by atoms with Gasteiger partial charge in [-0.3, -0.25) is 0 Å². The summed E-state index contributed by atoms with van der Waals surface area (Å²) in [4.78, 5) is 0. The number of rotatable bonds is 4. The zero-order chi connectivity index (χ0) is 44.1. The van der Waals surface area contributed by atoms with Gasteiger partial charge >= 0.3 is 41.9 Å². The molecular weight excluding hydrogens is 911 g/mol. The summed E-state index contributed by atoms with van der Waals surface area (Å²) in [5.74, 6) is 0. The SMILES string of the molecule is C[Si](C)=[Zr+2].Cc1cc(C)cc(-c2c3c(c(-c4cc(C)cc(C)c4)c4[cH-]c(C)cc24)CCC3)c1.Cc1cc(C)cc(-c2c3c(c(-c4cc(C)cc(C)c4)c4[cH-]c(C)cc24)CCC3)c1.[Cl-].[Cl-]. The molecule has 2 aliphatic rings. The third-order valence-corrected chi connectivity index (χ3v) is 12.8. The predicted octanol–water partition coefficient (Wildman–Crippen LogP) is 10.6. The Morgan fingerprint density at radius 1 is 0.359 bits per heavy atom. The Kier molecular flexibility index (Phi) is 15.8. The van der Waals surface area contributed by atoms with Crippen molar-refractivity contribution in [2.45, 2.75) is 121 Å². The minimum Gasteiger partial charge on any atom is -1.00 e. The number of hydrogen-bond acceptors (Lipinski definition) is 0. The molecule has 0 aromatic heterocycles. The summed E-state index contributed by atoms with van der Waals surface area (Å²) in [6.07, 6.45) is 7.28. The molecule has 0 amide bonds. The van der Waals surface area contributed by atoms with E-state index in [-0.39, 0.29) is 30.2 Å². The number of hydrogen-bond donors (Lipinski definition) is 0. The fourth-order valence-corrected chi connectivity index (χ4v) is 11.2. The summed E-state index contributed by atoms with van der Waals surface area (Å²) in [6, 6.07) is 37.7. The summed E-state index contributed by atoms with van der Waals surface area (Å²) < 4.78 is 0. The van der Waals surface area contributed by atoms with Crippen molar-refractivity contribution in [3.05, 3.63) is 175 Å². The van der Waals surface area contributed by atoms with Gasteiger partial charge < -0.3 is 24.8 Å². The molecule has 0 bridgehead atoms. The first-order valence-electron chi connectivity index (χ1n) is 22.9. The second-order valence-electron chi connectivity index (χ2n) is 19.3. The zero-order valence-electron chi connectivity index (χ0n) is 40.2. The summed E-state index contributed by atoms with van der Waals surface area (Å²) >= 11 is 1.74. The van der Waals surface area contributed by atoms with Crippen LogP contribution < -0.4 is 24.8 Å². The molecule has 0 atom stereocenters. The Morgan fingerprint density at radius 2 is 0.578 bits per heavy atom. The maximum absolute atomic E-state index is 2.41. The van der Waals surface area contributed by atoms with E-state index in [1.165, 1.54) is 160 Å². The van der Waals surface area contributed by atoms with Gasteiger partial charge in [0, 0.05) is 0 Å². The van der Waals surface area contributed by atoms with Crippen LogP contribution in [0.4, 0.5) is 0 Å². The van der Waals surface area contributed by atoms with Gasteiger partial charge in [0.05, 0.1) is 0 Å². The molecule has 4 heteroatoms. The molecule has 328 valence electrons. The molecule has 0 radical (unpaired) electrons. The van der Waals surface area contributed by atoms with Crippen molar-refractivity contribution in [2.75, 3.05) is 0 Å². The van der Waals surface area contributed by atoms with Gasteiger partial charge in [-0.2, -0.15) is 12.1 Å². The summed E-state index contributed by atoms with van der Waals surface area (Å²) in [5, 5.41) is 5.73. The third-order valence-electron chi connectivity index (χ3n) is 12.8. The number of aryl methyl sites for hydroxylation is 10. The summed E-state index contributed by atoms with van der Waals surface area (Å²) in [7, 11) is 0. The Hall–Kier alpha value is -3.78. The van der Waals surface area contributed by atoms with E-state index < -0.39 is 0 Å². The largest absolute Gasteiger partial charge is 1.00 e. The number of benzene rings is 6. The molecule has 0 heterocycles. The van der Waals surface area contributed by atoms with Gasteiger partial charge in [0.1, 0.15) is 0 Å². The fourth-order valence-electron chi connectivity index (χ4n) is 11.2. The van der Waals surface area contributed by atoms with Crippen LogP contribution in [0.25, 0.3) is 66.1 Å². The maximum atomic E-state index is 2.41. The molecule has 0 saturated heterocycles. The molecule has 8 aromatic rings. The molecule has 0 saturated carbocycles. The molecule has 2 aliphatic carbocycles. The van der Waals surface area contributed by atoms with Crippen LogP contribution in [0, 0.1) is 69.2 Å². The van der Waals surface area contributed by atoms with Crippen LogP contribution >= 0.6 is 0 Å². The Morgan fingerprint density at radius 3 is 0.828 bits per heavy atom. The minimum atomic E-state index is 0. The second kappa shape index (κ2) is 20.4. The fraction of sp³-hybridized carbons (Fsp3) is 0.300. The third kappa shape index (κ3) is 10.3. The van der Waals surface area contributed by atoms with Crippen LogP contribution in [0.2, 0.25) is 13.1 Å². The zero-order valence-corrected chi connectivity index (χ0v) is 45.2. The second-order valence-corrected chi connectivity index (χ2v) is 28.7. The minimum absolute atomic E-state index is 0. The van der Waals surface area contributed by atoms with E-state index in [2.05, 4.69) is 179 Å². The van der Waals surface area contributed by atoms with Gasteiger partial charge in [-0.15, -0.1) is 44.8 Å². The molecule has 0 spiro atoms. The van der Waals surface area contributed by atoms with Crippen LogP contribution in [-0.4, -0.2) is 5.43 Å². The monoisotopic (exact) mass is 972 g/mol. The molecule has 0 N–H and O–H groups in total. The number of fused-ring (bicyclic) bond motifs is 4. The van der Waals surface area contributed by atoms with Crippen LogP contribution in [0.15, 0.2) is 97.1 Å². The van der Waals surface area contributed by atoms with Gasteiger partial charge in [0.2, 0.25) is 0 Å². The molecule has 0 aliphatic heterocycles. The van der Waals surface area contributed by atoms with Gasteiger partial charge in [0.25, 0.3) is 0 Å². The van der Waals surface area contributed by atoms with Crippen LogP contribution in [0.3, 0.4) is 0 Å². The van der Waals surface area contributed by atoms with E-state index in [1.54, 1.807) is 45.6 Å². The first-order valence-corrected chi connectivity index (χ1v) is 29.1. The number of halogens is 2. The quantitative estimate of drug-likeness (QED) is 0.122. The van der Waals surface area contributed by atoms with E-state index in [1.807, 2.05) is 0 Å². The van der Waals surface area contributed by atoms with Crippen molar-refractivity contribution >= 4 is 27.0 Å². The van der Waals surface area contributed by atoms with Crippen molar-refractivity contribution in [1.82, 2.24) is 0 Å². The summed E-state index contributed by atoms with van der Waals surface area (Å²) in [5.41, 5.74) is 31.6.